The summed E-state index contributed by atoms with van der Waals surface area (Å²) >= 11 is 0.865. The maximum absolute atomic E-state index is 12.8. The number of urea groups is 1. The Kier molecular flexibility index (Phi) is 8.38. The number of benzene rings is 1. The summed E-state index contributed by atoms with van der Waals surface area (Å²) in [7, 11) is -2.41. The number of thiazole rings is 1. The molecule has 2 aromatic rings. The van der Waals surface area contributed by atoms with E-state index in [1.54, 1.807) is 31.2 Å². The number of aromatic nitrogens is 1. The molecule has 0 spiro atoms. The molecule has 0 bridgehead atoms. The van der Waals surface area contributed by atoms with Crippen LogP contribution in [-0.4, -0.2) is 46.3 Å². The zero-order valence-corrected chi connectivity index (χ0v) is 18.3. The van der Waals surface area contributed by atoms with Crippen LogP contribution in [0.3, 0.4) is 0 Å². The zero-order valence-electron chi connectivity index (χ0n) is 16.7. The monoisotopic (exact) mass is 442 g/mol. The van der Waals surface area contributed by atoms with Crippen LogP contribution in [0.15, 0.2) is 28.5 Å². The first-order chi connectivity index (χ1) is 13.8. The maximum Gasteiger partial charge on any atom is 0.328 e. The first-order valence-corrected chi connectivity index (χ1v) is 11.5. The van der Waals surface area contributed by atoms with E-state index in [0.717, 1.165) is 17.8 Å². The molecule has 0 fully saturated rings. The van der Waals surface area contributed by atoms with Crippen LogP contribution in [0.5, 0.6) is 5.75 Å². The third-order valence-corrected chi connectivity index (χ3v) is 6.43. The van der Waals surface area contributed by atoms with Gasteiger partial charge < -0.3 is 14.8 Å². The van der Waals surface area contributed by atoms with Gasteiger partial charge in [-0.15, -0.1) is 0 Å². The number of ether oxygens (including phenoxy) is 2. The molecule has 0 aliphatic heterocycles. The quantitative estimate of drug-likeness (QED) is 0.583. The van der Waals surface area contributed by atoms with Crippen LogP contribution < -0.4 is 20.1 Å². The van der Waals surface area contributed by atoms with E-state index in [4.69, 9.17) is 14.6 Å². The predicted molar refractivity (Wildman–Crippen MR) is 113 cm³/mol. The topological polar surface area (TPSA) is 124 Å². The van der Waals surface area contributed by atoms with Gasteiger partial charge in [0.05, 0.1) is 25.5 Å². The van der Waals surface area contributed by atoms with Crippen molar-refractivity contribution < 1.29 is 22.7 Å². The third kappa shape index (κ3) is 6.39. The summed E-state index contributed by atoms with van der Waals surface area (Å²) in [6, 6.07) is 6.53. The minimum atomic E-state index is -3.92. The number of primary sulfonamides is 1. The van der Waals surface area contributed by atoms with Crippen molar-refractivity contribution >= 4 is 38.2 Å². The second-order valence-corrected chi connectivity index (χ2v) is 8.81. The van der Waals surface area contributed by atoms with Crippen LogP contribution >= 0.6 is 11.3 Å². The Morgan fingerprint density at radius 2 is 1.93 bits per heavy atom. The molecule has 3 N–H and O–H groups in total. The number of aryl methyl sites for hydroxylation is 1. The van der Waals surface area contributed by atoms with Crippen LogP contribution in [-0.2, 0) is 21.2 Å². The van der Waals surface area contributed by atoms with Gasteiger partial charge in [0, 0.05) is 12.8 Å². The highest BCUT2D eigenvalue weighted by molar-refractivity contribution is 7.91. The number of nitrogens with zero attached hydrogens (tertiary/aromatic N) is 2. The molecule has 1 aromatic heterocycles. The highest BCUT2D eigenvalue weighted by atomic mass is 32.2. The number of hydrogen-bond donors (Lipinski definition) is 2. The molecule has 0 radical (unpaired) electrons. The van der Waals surface area contributed by atoms with Gasteiger partial charge in [0.1, 0.15) is 5.75 Å². The minimum absolute atomic E-state index is 0.0392. The van der Waals surface area contributed by atoms with Gasteiger partial charge in [-0.1, -0.05) is 25.2 Å². The summed E-state index contributed by atoms with van der Waals surface area (Å²) in [6.45, 7) is 4.86. The number of carbonyl (C=O) groups is 1. The number of hydrogen-bond acceptors (Lipinski definition) is 7. The van der Waals surface area contributed by atoms with E-state index in [1.807, 2.05) is 6.92 Å². The number of rotatable bonds is 10. The van der Waals surface area contributed by atoms with Gasteiger partial charge in [-0.3, -0.25) is 4.90 Å². The highest BCUT2D eigenvalue weighted by Crippen LogP contribution is 2.30. The van der Waals surface area contributed by atoms with Crippen molar-refractivity contribution in [1.29, 1.82) is 0 Å². The lowest BCUT2D eigenvalue weighted by Gasteiger charge is -2.20. The standard InChI is InChI=1S/C18H26N4O5S2/c1-4-11-27-14-8-6-13(7-9-14)20-17(23)22(10-12-26-3)18-21-15(5-2)16(28-18)29(19,24)25/h6-9H,4-5,10-12H2,1-3H3,(H,20,23)(H2,19,24,25). The van der Waals surface area contributed by atoms with Gasteiger partial charge in [-0.05, 0) is 37.1 Å². The third-order valence-electron chi connectivity index (χ3n) is 3.82. The molecule has 1 heterocycles. The Hall–Kier alpha value is -2.21. The van der Waals surface area contributed by atoms with Gasteiger partial charge in [-0.2, -0.15) is 0 Å². The van der Waals surface area contributed by atoms with Crippen LogP contribution in [0.2, 0.25) is 0 Å². The average molecular weight is 443 g/mol. The number of methoxy groups -OCH3 is 1. The smallest absolute Gasteiger partial charge is 0.328 e. The van der Waals surface area contributed by atoms with E-state index in [1.165, 1.54) is 12.0 Å². The fraction of sp³-hybridized carbons (Fsp3) is 0.444. The molecule has 0 aliphatic rings. The van der Waals surface area contributed by atoms with Crippen molar-refractivity contribution in [1.82, 2.24) is 4.98 Å². The van der Waals surface area contributed by atoms with Crippen LogP contribution in [0, 0.1) is 0 Å². The molecule has 0 saturated heterocycles. The SMILES string of the molecule is CCCOc1ccc(NC(=O)N(CCOC)c2nc(CC)c(S(N)(=O)=O)s2)cc1. The van der Waals surface area contributed by atoms with Gasteiger partial charge >= 0.3 is 6.03 Å². The van der Waals surface area contributed by atoms with E-state index >= 15 is 0 Å². The Morgan fingerprint density at radius 1 is 1.24 bits per heavy atom. The zero-order chi connectivity index (χ0) is 21.4. The Bertz CT molecular complexity index is 913. The summed E-state index contributed by atoms with van der Waals surface area (Å²) in [5, 5.41) is 8.30. The first kappa shape index (κ1) is 23.1. The second-order valence-electron chi connectivity index (χ2n) is 6.08. The summed E-state index contributed by atoms with van der Waals surface area (Å²) in [4.78, 5) is 18.5. The number of nitrogens with one attached hydrogen (secondary N) is 1. The lowest BCUT2D eigenvalue weighted by molar-refractivity contribution is 0.204. The lowest BCUT2D eigenvalue weighted by Crippen LogP contribution is -2.37. The average Bonchev–Trinajstić information content (AvgIpc) is 3.12. The molecule has 0 saturated carbocycles. The van der Waals surface area contributed by atoms with Gasteiger partial charge in [0.25, 0.3) is 0 Å². The number of anilines is 2. The molecule has 9 nitrogen and oxygen atoms in total. The van der Waals surface area contributed by atoms with E-state index in [-0.39, 0.29) is 22.5 Å². The van der Waals surface area contributed by atoms with Crippen molar-refractivity contribution in [3.05, 3.63) is 30.0 Å². The van der Waals surface area contributed by atoms with Crippen LogP contribution in [0.1, 0.15) is 26.0 Å². The molecule has 29 heavy (non-hydrogen) atoms. The number of carbonyl (C=O) groups excluding carboxylic acids is 1. The summed E-state index contributed by atoms with van der Waals surface area (Å²) in [5.74, 6) is 0.714. The first-order valence-electron chi connectivity index (χ1n) is 9.13. The summed E-state index contributed by atoms with van der Waals surface area (Å²) < 4.78 is 34.2. The van der Waals surface area contributed by atoms with Gasteiger partial charge in [-0.25, -0.2) is 23.3 Å². The summed E-state index contributed by atoms with van der Waals surface area (Å²) in [5.41, 5.74) is 0.903. The Balaban J connectivity index is 2.23. The molecule has 0 aliphatic carbocycles. The van der Waals surface area contributed by atoms with Gasteiger partial charge in [0.15, 0.2) is 9.34 Å². The van der Waals surface area contributed by atoms with E-state index in [2.05, 4.69) is 10.3 Å². The molecular formula is C18H26N4O5S2. The molecule has 0 unspecified atom stereocenters. The predicted octanol–water partition coefficient (Wildman–Crippen LogP) is 2.83. The van der Waals surface area contributed by atoms with Crippen molar-refractivity contribution in [2.24, 2.45) is 5.14 Å². The van der Waals surface area contributed by atoms with Crippen LogP contribution in [0.4, 0.5) is 15.6 Å². The Labute approximate surface area is 174 Å². The summed E-state index contributed by atoms with van der Waals surface area (Å²) in [6.07, 6.45) is 1.28. The molecule has 1 aromatic carbocycles. The Morgan fingerprint density at radius 3 is 2.45 bits per heavy atom. The van der Waals surface area contributed by atoms with E-state index in [0.29, 0.717) is 30.2 Å². The van der Waals surface area contributed by atoms with Crippen molar-refractivity contribution in [2.75, 3.05) is 37.1 Å². The molecule has 0 atom stereocenters. The fourth-order valence-electron chi connectivity index (χ4n) is 2.40. The largest absolute Gasteiger partial charge is 0.494 e. The fourth-order valence-corrected chi connectivity index (χ4v) is 4.52. The van der Waals surface area contributed by atoms with Crippen molar-refractivity contribution in [3.8, 4) is 5.75 Å². The number of sulfonamides is 1. The van der Waals surface area contributed by atoms with E-state index < -0.39 is 16.1 Å². The van der Waals surface area contributed by atoms with Gasteiger partial charge in [0.2, 0.25) is 10.0 Å². The van der Waals surface area contributed by atoms with E-state index in [9.17, 15) is 13.2 Å². The highest BCUT2D eigenvalue weighted by Gasteiger charge is 2.25. The molecular weight excluding hydrogens is 416 g/mol. The van der Waals surface area contributed by atoms with Crippen molar-refractivity contribution in [3.63, 3.8) is 0 Å². The number of amides is 2. The molecule has 160 valence electrons. The van der Waals surface area contributed by atoms with Crippen LogP contribution in [0.25, 0.3) is 0 Å². The minimum Gasteiger partial charge on any atom is -0.494 e. The second kappa shape index (κ2) is 10.5. The number of nitrogens with two attached hydrogens (primary N) is 1. The maximum atomic E-state index is 12.8. The normalized spacial score (nSPS) is 11.3. The molecule has 11 heteroatoms. The van der Waals surface area contributed by atoms with Crippen molar-refractivity contribution in [2.45, 2.75) is 30.9 Å². The lowest BCUT2D eigenvalue weighted by atomic mass is 10.3. The molecule has 2 rings (SSSR count). The molecule has 2 amide bonds.